The summed E-state index contributed by atoms with van der Waals surface area (Å²) in [6.45, 7) is 14.2. The van der Waals surface area contributed by atoms with E-state index in [1.165, 1.54) is 193 Å². The number of hydrogen-bond acceptors (Lipinski definition) is 15. The maximum absolute atomic E-state index is 13.1. The third-order valence-electron chi connectivity index (χ3n) is 18.4. The summed E-state index contributed by atoms with van der Waals surface area (Å²) < 4.78 is 68.5. The predicted octanol–water partition coefficient (Wildman–Crippen LogP) is 22.8. The van der Waals surface area contributed by atoms with Crippen LogP contribution in [0.1, 0.15) is 396 Å². The minimum Gasteiger partial charge on any atom is -0.462 e. The van der Waals surface area contributed by atoms with Crippen molar-refractivity contribution < 1.29 is 80.2 Å². The van der Waals surface area contributed by atoms with Crippen molar-refractivity contribution in [2.24, 2.45) is 23.7 Å². The maximum atomic E-state index is 13.1. The number of unbranched alkanes of at least 4 members (excludes halogenated alkanes) is 40. The van der Waals surface area contributed by atoms with E-state index in [0.29, 0.717) is 31.6 Å². The van der Waals surface area contributed by atoms with Gasteiger partial charge in [0.15, 0.2) is 12.2 Å². The number of phosphoric ester groups is 2. The van der Waals surface area contributed by atoms with Crippen LogP contribution >= 0.6 is 15.6 Å². The maximum Gasteiger partial charge on any atom is 0.472 e. The molecule has 0 aromatic rings. The van der Waals surface area contributed by atoms with E-state index in [4.69, 9.17) is 37.0 Å². The van der Waals surface area contributed by atoms with Crippen molar-refractivity contribution in [1.29, 1.82) is 0 Å². The summed E-state index contributed by atoms with van der Waals surface area (Å²) in [4.78, 5) is 72.8. The Bertz CT molecular complexity index is 1900. The molecule has 17 nitrogen and oxygen atoms in total. The van der Waals surface area contributed by atoms with Crippen LogP contribution in [0.4, 0.5) is 0 Å². The minimum absolute atomic E-state index is 0.105. The monoisotopic (exact) mass is 1420 g/mol. The van der Waals surface area contributed by atoms with Crippen LogP contribution in [0.25, 0.3) is 0 Å². The predicted molar refractivity (Wildman–Crippen MR) is 395 cm³/mol. The summed E-state index contributed by atoms with van der Waals surface area (Å²) in [5, 5.41) is 10.6. The van der Waals surface area contributed by atoms with Crippen molar-refractivity contribution in [3.05, 3.63) is 0 Å². The van der Waals surface area contributed by atoms with Crippen LogP contribution in [0, 0.1) is 23.7 Å². The Hall–Kier alpha value is -1.94. The quantitative estimate of drug-likeness (QED) is 0.0222. The van der Waals surface area contributed by atoms with Gasteiger partial charge in [-0.3, -0.25) is 37.3 Å². The molecule has 0 aliphatic heterocycles. The van der Waals surface area contributed by atoms with E-state index < -0.39 is 97.5 Å². The molecule has 0 fully saturated rings. The lowest BCUT2D eigenvalue weighted by Gasteiger charge is -2.21. The lowest BCUT2D eigenvalue weighted by Crippen LogP contribution is -2.30. The van der Waals surface area contributed by atoms with Crippen molar-refractivity contribution in [2.75, 3.05) is 39.6 Å². The number of hydrogen-bond donors (Lipinski definition) is 3. The van der Waals surface area contributed by atoms with E-state index in [2.05, 4.69) is 55.4 Å². The Morgan fingerprint density at radius 2 is 0.495 bits per heavy atom. The first-order chi connectivity index (χ1) is 46.6. The van der Waals surface area contributed by atoms with Gasteiger partial charge >= 0.3 is 39.5 Å². The van der Waals surface area contributed by atoms with Gasteiger partial charge in [0, 0.05) is 25.7 Å². The number of esters is 4. The van der Waals surface area contributed by atoms with Crippen molar-refractivity contribution in [3.63, 3.8) is 0 Å². The third-order valence-corrected chi connectivity index (χ3v) is 20.3. The molecule has 0 bridgehead atoms. The summed E-state index contributed by atoms with van der Waals surface area (Å²) in [6.07, 6.45) is 53.0. The number of aliphatic hydroxyl groups is 1. The number of carbonyl (C=O) groups is 4. The Balaban J connectivity index is 5.14. The number of ether oxygens (including phenoxy) is 4. The standard InChI is InChI=1S/C78H152O17P2/c1-9-71(8)57-49-41-32-25-21-16-14-12-10-11-13-15-17-22-26-33-42-50-58-75(80)88-64-73(95-78(83)61-53-45-35-29-28-31-39-47-55-69(4)5)66-92-96(84,85)90-62-72(79)63-91-97(86,87)93-67-74(65-89-76(81)59-51-43-37-36-40-48-56-70(6)7)94-77(82)60-52-44-34-27-23-19-18-20-24-30-38-46-54-68(2)3/h68-74,79H,9-67H2,1-8H3,(H,84,85)(H,86,87)/t71?,72-,73-,74-/m1/s1. The van der Waals surface area contributed by atoms with Gasteiger partial charge in [0.2, 0.25) is 0 Å². The molecular weight excluding hydrogens is 1270 g/mol. The van der Waals surface area contributed by atoms with Gasteiger partial charge in [-0.25, -0.2) is 9.13 Å². The molecule has 3 N–H and O–H groups in total. The van der Waals surface area contributed by atoms with Crippen molar-refractivity contribution >= 4 is 39.5 Å². The summed E-state index contributed by atoms with van der Waals surface area (Å²) in [6, 6.07) is 0. The molecule has 0 amide bonds. The highest BCUT2D eigenvalue weighted by Gasteiger charge is 2.30. The lowest BCUT2D eigenvalue weighted by molar-refractivity contribution is -0.161. The van der Waals surface area contributed by atoms with Gasteiger partial charge in [0.1, 0.15) is 19.3 Å². The van der Waals surface area contributed by atoms with Crippen molar-refractivity contribution in [1.82, 2.24) is 0 Å². The van der Waals surface area contributed by atoms with Crippen LogP contribution in [-0.2, 0) is 65.4 Å². The highest BCUT2D eigenvalue weighted by molar-refractivity contribution is 7.47. The summed E-state index contributed by atoms with van der Waals surface area (Å²) in [7, 11) is -9.91. The molecule has 0 rings (SSSR count). The molecule has 97 heavy (non-hydrogen) atoms. The second kappa shape index (κ2) is 67.2. The van der Waals surface area contributed by atoms with Gasteiger partial charge in [-0.05, 0) is 49.4 Å². The van der Waals surface area contributed by atoms with Crippen LogP contribution in [0.2, 0.25) is 0 Å². The first-order valence-electron chi connectivity index (χ1n) is 40.2. The molecule has 6 atom stereocenters. The number of aliphatic hydroxyl groups excluding tert-OH is 1. The summed E-state index contributed by atoms with van der Waals surface area (Å²) >= 11 is 0. The first-order valence-corrected chi connectivity index (χ1v) is 43.2. The molecular formula is C78H152O17P2. The van der Waals surface area contributed by atoms with Crippen molar-refractivity contribution in [2.45, 2.75) is 414 Å². The molecule has 3 unspecified atom stereocenters. The molecule has 576 valence electrons. The van der Waals surface area contributed by atoms with Crippen LogP contribution in [0.3, 0.4) is 0 Å². The molecule has 0 aliphatic carbocycles. The van der Waals surface area contributed by atoms with Gasteiger partial charge in [-0.15, -0.1) is 0 Å². The molecule has 0 saturated heterocycles. The van der Waals surface area contributed by atoms with Crippen LogP contribution < -0.4 is 0 Å². The second-order valence-corrected chi connectivity index (χ2v) is 32.7. The summed E-state index contributed by atoms with van der Waals surface area (Å²) in [5.41, 5.74) is 0. The van der Waals surface area contributed by atoms with E-state index in [0.717, 1.165) is 114 Å². The molecule has 0 aromatic heterocycles. The zero-order valence-corrected chi connectivity index (χ0v) is 65.5. The first kappa shape index (κ1) is 95.1. The molecule has 19 heteroatoms. The fraction of sp³-hybridized carbons (Fsp3) is 0.949. The topological polar surface area (TPSA) is 237 Å². The number of rotatable bonds is 75. The van der Waals surface area contributed by atoms with Gasteiger partial charge in [-0.2, -0.15) is 0 Å². The van der Waals surface area contributed by atoms with Crippen LogP contribution in [0.5, 0.6) is 0 Å². The molecule has 0 spiro atoms. The Morgan fingerprint density at radius 1 is 0.289 bits per heavy atom. The van der Waals surface area contributed by atoms with Gasteiger partial charge in [-0.1, -0.05) is 344 Å². The molecule has 0 saturated carbocycles. The minimum atomic E-state index is -4.96. The largest absolute Gasteiger partial charge is 0.472 e. The zero-order valence-electron chi connectivity index (χ0n) is 63.7. The number of phosphoric acid groups is 2. The van der Waals surface area contributed by atoms with E-state index in [1.54, 1.807) is 0 Å². The van der Waals surface area contributed by atoms with Crippen molar-refractivity contribution in [3.8, 4) is 0 Å². The molecule has 0 aromatic carbocycles. The SMILES string of the molecule is CCC(C)CCCCCCCCCCCCCCCCCCCCC(=O)OC[C@H](COP(=O)(O)OC[C@@H](O)COP(=O)(O)OC[C@@H](COC(=O)CCCCCCCCC(C)C)OC(=O)CCCCCCCCCCCCCCC(C)C)OC(=O)CCCCCCCCCCC(C)C. The smallest absolute Gasteiger partial charge is 0.462 e. The average molecular weight is 1420 g/mol. The molecule has 0 radical (unpaired) electrons. The van der Waals surface area contributed by atoms with Gasteiger partial charge in [0.25, 0.3) is 0 Å². The lowest BCUT2D eigenvalue weighted by atomic mass is 9.99. The van der Waals surface area contributed by atoms with E-state index in [1.807, 2.05) is 0 Å². The Labute approximate surface area is 594 Å². The molecule has 0 heterocycles. The van der Waals surface area contributed by atoms with Gasteiger partial charge < -0.3 is 33.8 Å². The second-order valence-electron chi connectivity index (χ2n) is 29.8. The van der Waals surface area contributed by atoms with Gasteiger partial charge in [0.05, 0.1) is 26.4 Å². The fourth-order valence-corrected chi connectivity index (χ4v) is 13.5. The normalized spacial score (nSPS) is 14.4. The highest BCUT2D eigenvalue weighted by atomic mass is 31.2. The third kappa shape index (κ3) is 70.9. The highest BCUT2D eigenvalue weighted by Crippen LogP contribution is 2.45. The zero-order chi connectivity index (χ0) is 71.7. The Morgan fingerprint density at radius 3 is 0.732 bits per heavy atom. The van der Waals surface area contributed by atoms with E-state index in [9.17, 15) is 43.2 Å². The Kier molecular flexibility index (Phi) is 65.9. The van der Waals surface area contributed by atoms with Crippen LogP contribution in [-0.4, -0.2) is 96.7 Å². The summed E-state index contributed by atoms with van der Waals surface area (Å²) in [5.74, 6) is 0.925. The molecule has 0 aliphatic rings. The van der Waals surface area contributed by atoms with E-state index in [-0.39, 0.29) is 25.7 Å². The average Bonchev–Trinajstić information content (AvgIpc) is 1.14. The van der Waals surface area contributed by atoms with E-state index >= 15 is 0 Å². The fourth-order valence-electron chi connectivity index (χ4n) is 11.9. The van der Waals surface area contributed by atoms with Crippen LogP contribution in [0.15, 0.2) is 0 Å². The number of carbonyl (C=O) groups excluding carboxylic acids is 4.